The molecule has 1 aliphatic heterocycles. The van der Waals surface area contributed by atoms with E-state index in [9.17, 15) is 57.8 Å². The SMILES string of the molecule is CCCCCCC(C)CC(NC(=O)C(C)NC(=O)C(C)(C)NC(=O)C(CC(C)CC(O)CC(=O)CC)NC(=O)C1CCCN1C(=O)CCC)C(=O)NC(CC(C)C)C(=O)NC(C)(C)C(=O)NC(CC(C)C)C(=O)NCCC(=O)NC(C)CNCCO. The van der Waals surface area contributed by atoms with E-state index >= 15 is 0 Å². The van der Waals surface area contributed by atoms with Crippen LogP contribution >= 0.6 is 0 Å². The molecule has 10 amide bonds. The van der Waals surface area contributed by atoms with Gasteiger partial charge in [-0.3, -0.25) is 52.7 Å². The van der Waals surface area contributed by atoms with Gasteiger partial charge in [-0.05, 0) is 117 Å². The molecule has 1 aliphatic rings. The Labute approximate surface area is 513 Å². The van der Waals surface area contributed by atoms with E-state index in [0.717, 1.165) is 32.1 Å². The van der Waals surface area contributed by atoms with Gasteiger partial charge in [-0.15, -0.1) is 0 Å². The Bertz CT molecular complexity index is 2190. The van der Waals surface area contributed by atoms with Crippen LogP contribution in [0.15, 0.2) is 0 Å². The Hall–Kier alpha value is -5.75. The molecule has 0 radical (unpaired) electrons. The summed E-state index contributed by atoms with van der Waals surface area (Å²) in [5.74, 6) is -6.55. The van der Waals surface area contributed by atoms with Crippen LogP contribution in [0.5, 0.6) is 0 Å². The number of nitrogens with one attached hydrogen (secondary N) is 10. The summed E-state index contributed by atoms with van der Waals surface area (Å²) in [4.78, 5) is 152. The molecule has 12 N–H and O–H groups in total. The summed E-state index contributed by atoms with van der Waals surface area (Å²) in [6.07, 6.45) is 6.40. The maximum atomic E-state index is 14.5. The minimum Gasteiger partial charge on any atom is -0.395 e. The van der Waals surface area contributed by atoms with Crippen LogP contribution < -0.4 is 53.2 Å². The Kier molecular flexibility index (Phi) is 36.3. The van der Waals surface area contributed by atoms with Gasteiger partial charge in [0.05, 0.1) is 12.7 Å². The second kappa shape index (κ2) is 39.9. The molecule has 0 bridgehead atoms. The van der Waals surface area contributed by atoms with Crippen molar-refractivity contribution >= 4 is 64.9 Å². The zero-order chi connectivity index (χ0) is 65.5. The largest absolute Gasteiger partial charge is 0.395 e. The first-order chi connectivity index (χ1) is 40.2. The normalized spacial score (nSPS) is 16.7. The maximum Gasteiger partial charge on any atom is 0.245 e. The first kappa shape index (κ1) is 78.3. The van der Waals surface area contributed by atoms with Gasteiger partial charge in [0.2, 0.25) is 59.1 Å². The van der Waals surface area contributed by atoms with Crippen LogP contribution in [-0.4, -0.2) is 172 Å². The number of hydrogen-bond acceptors (Lipinski definition) is 14. The van der Waals surface area contributed by atoms with Crippen molar-refractivity contribution in [3.05, 3.63) is 0 Å². The van der Waals surface area contributed by atoms with Gasteiger partial charge in [-0.2, -0.15) is 0 Å². The summed E-state index contributed by atoms with van der Waals surface area (Å²) < 4.78 is 0. The van der Waals surface area contributed by atoms with Crippen molar-refractivity contribution in [2.45, 2.75) is 272 Å². The number of Topliss-reactive ketones (excluding diaryl/α,β-unsaturated/α-hetero) is 1. The Morgan fingerprint density at radius 2 is 1.12 bits per heavy atom. The molecule has 24 nitrogen and oxygen atoms in total. The number of hydrogen-bond donors (Lipinski definition) is 12. The van der Waals surface area contributed by atoms with Crippen molar-refractivity contribution in [1.82, 2.24) is 58.1 Å². The molecule has 0 spiro atoms. The molecule has 24 heteroatoms. The first-order valence-corrected chi connectivity index (χ1v) is 31.8. The van der Waals surface area contributed by atoms with E-state index in [0.29, 0.717) is 38.9 Å². The second-order valence-electron chi connectivity index (χ2n) is 25.8. The molecule has 1 fully saturated rings. The van der Waals surface area contributed by atoms with Crippen molar-refractivity contribution in [1.29, 1.82) is 0 Å². The van der Waals surface area contributed by atoms with Crippen molar-refractivity contribution in [3.63, 3.8) is 0 Å². The van der Waals surface area contributed by atoms with E-state index in [2.05, 4.69) is 60.1 Å². The summed E-state index contributed by atoms with van der Waals surface area (Å²) >= 11 is 0. The van der Waals surface area contributed by atoms with Gasteiger partial charge in [0, 0.05) is 57.9 Å². The lowest BCUT2D eigenvalue weighted by atomic mass is 9.92. The van der Waals surface area contributed by atoms with E-state index in [1.165, 1.54) is 39.5 Å². The molecule has 494 valence electrons. The van der Waals surface area contributed by atoms with Gasteiger partial charge >= 0.3 is 0 Å². The molecular weight excluding hydrogens is 1110 g/mol. The zero-order valence-corrected chi connectivity index (χ0v) is 54.8. The summed E-state index contributed by atoms with van der Waals surface area (Å²) in [5.41, 5.74) is -3.29. The number of unbranched alkanes of at least 4 members (excludes halogenated alkanes) is 3. The number of carbonyl (C=O) groups is 11. The number of amides is 10. The fourth-order valence-electron chi connectivity index (χ4n) is 10.2. The van der Waals surface area contributed by atoms with Crippen LogP contribution in [0.25, 0.3) is 0 Å². The van der Waals surface area contributed by atoms with E-state index in [-0.39, 0.29) is 118 Å². The van der Waals surface area contributed by atoms with Gasteiger partial charge in [0.15, 0.2) is 0 Å². The van der Waals surface area contributed by atoms with Crippen LogP contribution in [0.4, 0.5) is 0 Å². The molecule has 0 aromatic heterocycles. The predicted octanol–water partition coefficient (Wildman–Crippen LogP) is 2.84. The van der Waals surface area contributed by atoms with Crippen LogP contribution in [0.2, 0.25) is 0 Å². The summed E-state index contributed by atoms with van der Waals surface area (Å²) in [5, 5.41) is 47.6. The third-order valence-electron chi connectivity index (χ3n) is 15.2. The van der Waals surface area contributed by atoms with Gasteiger partial charge in [0.25, 0.3) is 0 Å². The Balaban J connectivity index is 3.36. The first-order valence-electron chi connectivity index (χ1n) is 31.8. The molecule has 1 rings (SSSR count). The van der Waals surface area contributed by atoms with Crippen molar-refractivity contribution in [2.24, 2.45) is 23.7 Å². The lowest BCUT2D eigenvalue weighted by Crippen LogP contribution is -2.63. The topological polar surface area (TPSA) is 352 Å². The third kappa shape index (κ3) is 30.2. The highest BCUT2D eigenvalue weighted by atomic mass is 16.3. The average molecular weight is 1220 g/mol. The standard InChI is InChI=1S/C62H113N11O13/c1-16-19-20-21-24-40(8)34-48(55(81)68-47(32-39(6)7)56(82)71-62(14,15)60(86)70-46(31-38(4)5)54(80)64-27-26-51(77)65-42(10)37-63-28-30-74)67-53(79)43(11)66-59(85)61(12,13)72-57(83)49(35-41(9)33-45(76)36-44(75)18-3)69-58(84)50-25-22-29-73(50)52(78)23-17-2/h38-43,45-50,63,74,76H,16-37H2,1-15H3,(H,64,80)(H,65,77)(H,66,85)(H,67,79)(H,68,81)(H,69,84)(H,70,86)(H,71,82)(H,72,83). The Morgan fingerprint density at radius 3 is 1.67 bits per heavy atom. The number of nitrogens with zero attached hydrogens (tertiary/aromatic N) is 1. The van der Waals surface area contributed by atoms with Gasteiger partial charge < -0.3 is 68.3 Å². The Morgan fingerprint density at radius 1 is 0.570 bits per heavy atom. The van der Waals surface area contributed by atoms with Crippen molar-refractivity contribution < 1.29 is 63.0 Å². The van der Waals surface area contributed by atoms with E-state index in [1.807, 2.05) is 41.5 Å². The van der Waals surface area contributed by atoms with Crippen molar-refractivity contribution in [2.75, 3.05) is 32.8 Å². The van der Waals surface area contributed by atoms with Gasteiger partial charge in [0.1, 0.15) is 53.1 Å². The maximum absolute atomic E-state index is 14.5. The fraction of sp³-hybridized carbons (Fsp3) is 0.823. The van der Waals surface area contributed by atoms with Crippen LogP contribution in [0.3, 0.4) is 0 Å². The van der Waals surface area contributed by atoms with E-state index in [4.69, 9.17) is 5.11 Å². The predicted molar refractivity (Wildman–Crippen MR) is 330 cm³/mol. The molecule has 86 heavy (non-hydrogen) atoms. The van der Waals surface area contributed by atoms with Crippen LogP contribution in [-0.2, 0) is 52.7 Å². The summed E-state index contributed by atoms with van der Waals surface area (Å²) in [6, 6.07) is -6.90. The number of carbonyl (C=O) groups excluding carboxylic acids is 11. The summed E-state index contributed by atoms with van der Waals surface area (Å²) in [7, 11) is 0. The molecule has 0 aromatic carbocycles. The molecular formula is C62H113N11O13. The molecule has 0 aliphatic carbocycles. The number of likely N-dealkylation sites (tertiary alicyclic amines) is 1. The molecule has 1 saturated heterocycles. The highest BCUT2D eigenvalue weighted by Gasteiger charge is 2.40. The quantitative estimate of drug-likeness (QED) is 0.0391. The fourth-order valence-corrected chi connectivity index (χ4v) is 10.2. The van der Waals surface area contributed by atoms with Gasteiger partial charge in [-0.1, -0.05) is 94.4 Å². The van der Waals surface area contributed by atoms with E-state index < -0.39 is 101 Å². The molecule has 10 atom stereocenters. The highest BCUT2D eigenvalue weighted by Crippen LogP contribution is 2.23. The van der Waals surface area contributed by atoms with Crippen molar-refractivity contribution in [3.8, 4) is 0 Å². The smallest absolute Gasteiger partial charge is 0.245 e. The number of ketones is 1. The van der Waals surface area contributed by atoms with Crippen LogP contribution in [0, 0.1) is 23.7 Å². The average Bonchev–Trinajstić information content (AvgIpc) is 2.80. The minimum atomic E-state index is -1.69. The monoisotopic (exact) mass is 1220 g/mol. The third-order valence-corrected chi connectivity index (χ3v) is 15.2. The number of rotatable bonds is 43. The molecule has 1 heterocycles. The van der Waals surface area contributed by atoms with E-state index in [1.54, 1.807) is 20.8 Å². The zero-order valence-electron chi connectivity index (χ0n) is 54.8. The molecule has 0 aromatic rings. The summed E-state index contributed by atoms with van der Waals surface area (Å²) in [6.45, 7) is 27.1. The number of aliphatic hydroxyl groups excluding tert-OH is 2. The minimum absolute atomic E-state index is 0.00215. The second-order valence-corrected chi connectivity index (χ2v) is 25.8. The number of aliphatic hydroxyl groups is 2. The molecule has 0 saturated carbocycles. The lowest BCUT2D eigenvalue weighted by molar-refractivity contribution is -0.140. The lowest BCUT2D eigenvalue weighted by Gasteiger charge is -2.32. The highest BCUT2D eigenvalue weighted by molar-refractivity contribution is 5.99. The van der Waals surface area contributed by atoms with Crippen LogP contribution in [0.1, 0.15) is 213 Å². The molecule has 10 unspecified atom stereocenters. The van der Waals surface area contributed by atoms with Gasteiger partial charge in [-0.25, -0.2) is 0 Å².